The highest BCUT2D eigenvalue weighted by molar-refractivity contribution is 5.78. The number of aryl methyl sites for hydroxylation is 1. The molecule has 0 heterocycles. The molecule has 1 nitrogen and oxygen atoms in total. The zero-order valence-electron chi connectivity index (χ0n) is 13.0. The van der Waals surface area contributed by atoms with Gasteiger partial charge in [-0.25, -0.2) is 0 Å². The van der Waals surface area contributed by atoms with Crippen LogP contribution in [0.2, 0.25) is 0 Å². The number of unbranched alkanes of at least 4 members (excludes halogenated alkanes) is 2. The summed E-state index contributed by atoms with van der Waals surface area (Å²) in [6.45, 7) is 6.51. The van der Waals surface area contributed by atoms with Gasteiger partial charge in [-0.2, -0.15) is 0 Å². The highest BCUT2D eigenvalue weighted by Crippen LogP contribution is 2.12. The Hall–Kier alpha value is -1.11. The Kier molecular flexibility index (Phi) is 12.5. The molecule has 19 heavy (non-hydrogen) atoms. The largest absolute Gasteiger partial charge is 0.300 e. The molecule has 0 amide bonds. The molecule has 0 aromatic heterocycles. The standard InChI is InChI=1S/C7H8.C6H10O.C5H12/c1-7-5-3-2-4-6-7;7-6-4-2-1-3-5-6;1-3-5-4-2/h2-6H,1H3;1-5H2;3-5H2,1-2H3. The second-order valence-corrected chi connectivity index (χ2v) is 5.11. The molecule has 0 bridgehead atoms. The van der Waals surface area contributed by atoms with E-state index >= 15 is 0 Å². The lowest BCUT2D eigenvalue weighted by Gasteiger charge is -2.05. The first-order valence-corrected chi connectivity index (χ1v) is 7.74. The fourth-order valence-corrected chi connectivity index (χ4v) is 1.83. The number of hydrogen-bond donors (Lipinski definition) is 0. The number of ketones is 1. The Bertz CT molecular complexity index is 293. The Balaban J connectivity index is 0.000000261. The van der Waals surface area contributed by atoms with Gasteiger partial charge in [0.15, 0.2) is 0 Å². The normalized spacial score (nSPS) is 13.7. The Morgan fingerprint density at radius 2 is 1.42 bits per heavy atom. The maximum Gasteiger partial charge on any atom is 0.132 e. The third-order valence-electron chi connectivity index (χ3n) is 3.06. The molecule has 0 N–H and O–H groups in total. The summed E-state index contributed by atoms with van der Waals surface area (Å²) in [7, 11) is 0. The van der Waals surface area contributed by atoms with E-state index in [-0.39, 0.29) is 0 Å². The number of rotatable bonds is 2. The molecular formula is C18H30O. The predicted octanol–water partition coefficient (Wildman–Crippen LogP) is 5.71. The zero-order valence-corrected chi connectivity index (χ0v) is 13.0. The summed E-state index contributed by atoms with van der Waals surface area (Å²) in [4.78, 5) is 10.5. The van der Waals surface area contributed by atoms with Gasteiger partial charge in [-0.15, -0.1) is 0 Å². The molecule has 0 spiro atoms. The van der Waals surface area contributed by atoms with Gasteiger partial charge in [0.1, 0.15) is 5.78 Å². The van der Waals surface area contributed by atoms with Gasteiger partial charge in [0, 0.05) is 12.8 Å². The van der Waals surface area contributed by atoms with Crippen molar-refractivity contribution < 1.29 is 4.79 Å². The lowest BCUT2D eigenvalue weighted by atomic mass is 10.00. The first-order valence-electron chi connectivity index (χ1n) is 7.74. The number of carbonyl (C=O) groups is 1. The van der Waals surface area contributed by atoms with Crippen molar-refractivity contribution in [2.24, 2.45) is 0 Å². The number of Topliss-reactive ketones (excluding diaryl/α,β-unsaturated/α-hetero) is 1. The van der Waals surface area contributed by atoms with Gasteiger partial charge >= 0.3 is 0 Å². The molecule has 0 saturated heterocycles. The van der Waals surface area contributed by atoms with Crippen LogP contribution in [0.15, 0.2) is 30.3 Å². The molecule has 0 radical (unpaired) electrons. The molecule has 1 aliphatic rings. The van der Waals surface area contributed by atoms with Crippen molar-refractivity contribution in [1.82, 2.24) is 0 Å². The van der Waals surface area contributed by atoms with Crippen LogP contribution in [0, 0.1) is 6.92 Å². The van der Waals surface area contributed by atoms with E-state index in [2.05, 4.69) is 32.9 Å². The average Bonchev–Trinajstić information content (AvgIpc) is 2.43. The second-order valence-electron chi connectivity index (χ2n) is 5.11. The molecule has 2 rings (SSSR count). The SMILES string of the molecule is CCCCC.Cc1ccccc1.O=C1CCCCC1. The van der Waals surface area contributed by atoms with E-state index in [0.717, 1.165) is 25.7 Å². The van der Waals surface area contributed by atoms with Crippen molar-refractivity contribution in [2.45, 2.75) is 72.1 Å². The molecule has 1 heteroatoms. The summed E-state index contributed by atoms with van der Waals surface area (Å²) < 4.78 is 0. The highest BCUT2D eigenvalue weighted by Gasteiger charge is 2.05. The number of hydrogen-bond acceptors (Lipinski definition) is 1. The Labute approximate surface area is 119 Å². The van der Waals surface area contributed by atoms with Crippen LogP contribution in [-0.2, 0) is 4.79 Å². The van der Waals surface area contributed by atoms with Crippen LogP contribution in [0.5, 0.6) is 0 Å². The van der Waals surface area contributed by atoms with E-state index in [0.29, 0.717) is 5.78 Å². The summed E-state index contributed by atoms with van der Waals surface area (Å²) >= 11 is 0. The molecule has 1 aromatic rings. The number of benzene rings is 1. The van der Waals surface area contributed by atoms with Crippen molar-refractivity contribution in [3.8, 4) is 0 Å². The van der Waals surface area contributed by atoms with Gasteiger partial charge in [-0.3, -0.25) is 4.79 Å². The minimum Gasteiger partial charge on any atom is -0.300 e. The van der Waals surface area contributed by atoms with Crippen molar-refractivity contribution in [3.05, 3.63) is 35.9 Å². The van der Waals surface area contributed by atoms with Crippen molar-refractivity contribution >= 4 is 5.78 Å². The quantitative estimate of drug-likeness (QED) is 0.667. The lowest BCUT2D eigenvalue weighted by Crippen LogP contribution is -2.02. The fraction of sp³-hybridized carbons (Fsp3) is 0.611. The van der Waals surface area contributed by atoms with Crippen LogP contribution < -0.4 is 0 Å². The molecule has 1 aliphatic carbocycles. The van der Waals surface area contributed by atoms with Crippen LogP contribution in [0.4, 0.5) is 0 Å². The summed E-state index contributed by atoms with van der Waals surface area (Å²) in [5, 5.41) is 0. The van der Waals surface area contributed by atoms with E-state index in [1.54, 1.807) is 0 Å². The molecule has 108 valence electrons. The van der Waals surface area contributed by atoms with E-state index in [9.17, 15) is 4.79 Å². The van der Waals surface area contributed by atoms with Gasteiger partial charge in [-0.1, -0.05) is 75.4 Å². The predicted molar refractivity (Wildman–Crippen MR) is 84.5 cm³/mol. The van der Waals surface area contributed by atoms with Crippen molar-refractivity contribution in [3.63, 3.8) is 0 Å². The molecule has 1 saturated carbocycles. The molecule has 0 atom stereocenters. The van der Waals surface area contributed by atoms with E-state index in [1.165, 1.54) is 31.2 Å². The van der Waals surface area contributed by atoms with Gasteiger partial charge in [0.2, 0.25) is 0 Å². The molecule has 0 unspecified atom stereocenters. The smallest absolute Gasteiger partial charge is 0.132 e. The van der Waals surface area contributed by atoms with Crippen LogP contribution in [0.1, 0.15) is 70.8 Å². The topological polar surface area (TPSA) is 17.1 Å². The summed E-state index contributed by atoms with van der Waals surface area (Å²) in [5.74, 6) is 0.464. The summed E-state index contributed by atoms with van der Waals surface area (Å²) in [6.07, 6.45) is 9.32. The van der Waals surface area contributed by atoms with Crippen molar-refractivity contribution in [2.75, 3.05) is 0 Å². The minimum absolute atomic E-state index is 0.464. The summed E-state index contributed by atoms with van der Waals surface area (Å²) in [5.41, 5.74) is 1.32. The molecule has 1 fully saturated rings. The first kappa shape index (κ1) is 17.9. The molecular weight excluding hydrogens is 232 g/mol. The highest BCUT2D eigenvalue weighted by atomic mass is 16.1. The zero-order chi connectivity index (χ0) is 14.3. The third-order valence-corrected chi connectivity index (χ3v) is 3.06. The monoisotopic (exact) mass is 262 g/mol. The molecule has 1 aromatic carbocycles. The van der Waals surface area contributed by atoms with Crippen LogP contribution in [0.3, 0.4) is 0 Å². The van der Waals surface area contributed by atoms with Gasteiger partial charge in [0.05, 0.1) is 0 Å². The maximum absolute atomic E-state index is 10.5. The van der Waals surface area contributed by atoms with Crippen LogP contribution in [-0.4, -0.2) is 5.78 Å². The maximum atomic E-state index is 10.5. The van der Waals surface area contributed by atoms with E-state index < -0.39 is 0 Å². The average molecular weight is 262 g/mol. The lowest BCUT2D eigenvalue weighted by molar-refractivity contribution is -0.120. The van der Waals surface area contributed by atoms with E-state index in [1.807, 2.05) is 18.2 Å². The third kappa shape index (κ3) is 13.1. The fourth-order valence-electron chi connectivity index (χ4n) is 1.83. The van der Waals surface area contributed by atoms with E-state index in [4.69, 9.17) is 0 Å². The number of carbonyl (C=O) groups excluding carboxylic acids is 1. The van der Waals surface area contributed by atoms with Crippen LogP contribution >= 0.6 is 0 Å². The van der Waals surface area contributed by atoms with Gasteiger partial charge in [-0.05, 0) is 19.8 Å². The van der Waals surface area contributed by atoms with Crippen LogP contribution in [0.25, 0.3) is 0 Å². The second kappa shape index (κ2) is 13.3. The van der Waals surface area contributed by atoms with Gasteiger partial charge in [0.25, 0.3) is 0 Å². The summed E-state index contributed by atoms with van der Waals surface area (Å²) in [6, 6.07) is 10.3. The first-order chi connectivity index (χ1) is 9.20. The van der Waals surface area contributed by atoms with Gasteiger partial charge < -0.3 is 0 Å². The van der Waals surface area contributed by atoms with Crippen molar-refractivity contribution in [1.29, 1.82) is 0 Å². The molecule has 0 aliphatic heterocycles. The Morgan fingerprint density at radius 3 is 1.63 bits per heavy atom. The minimum atomic E-state index is 0.464. The Morgan fingerprint density at radius 1 is 0.895 bits per heavy atom.